The van der Waals surface area contributed by atoms with Crippen molar-refractivity contribution in [2.45, 2.75) is 85.4 Å². The summed E-state index contributed by atoms with van der Waals surface area (Å²) in [6, 6.07) is 12.6. The van der Waals surface area contributed by atoms with Gasteiger partial charge in [0.25, 0.3) is 0 Å². The molecule has 0 spiro atoms. The van der Waals surface area contributed by atoms with Gasteiger partial charge in [-0.05, 0) is 73.8 Å². The first kappa shape index (κ1) is 21.9. The fourth-order valence-electron chi connectivity index (χ4n) is 4.33. The molecule has 158 valence electrons. The average molecular weight is 393 g/mol. The molecule has 3 rings (SSSR count). The molecule has 2 heteroatoms. The Morgan fingerprint density at radius 2 is 1.48 bits per heavy atom. The summed E-state index contributed by atoms with van der Waals surface area (Å²) in [4.78, 5) is 0. The van der Waals surface area contributed by atoms with Crippen LogP contribution in [0.5, 0.6) is 0 Å². The molecule has 0 saturated carbocycles. The number of hydrogen-bond acceptors (Lipinski definition) is 2. The van der Waals surface area contributed by atoms with E-state index in [0.29, 0.717) is 18.1 Å². The Morgan fingerprint density at radius 3 is 2.17 bits per heavy atom. The summed E-state index contributed by atoms with van der Waals surface area (Å²) >= 11 is 0. The van der Waals surface area contributed by atoms with Gasteiger partial charge in [0.2, 0.25) is 0 Å². The van der Waals surface area contributed by atoms with Gasteiger partial charge in [0.15, 0.2) is 0 Å². The molecular formula is C27H40N2. The molecular weight excluding hydrogens is 352 g/mol. The molecule has 2 nitrogen and oxygen atoms in total. The lowest BCUT2D eigenvalue weighted by Crippen LogP contribution is -2.30. The molecule has 0 heterocycles. The van der Waals surface area contributed by atoms with Gasteiger partial charge in [-0.2, -0.15) is 0 Å². The third-order valence-electron chi connectivity index (χ3n) is 6.13. The standard InChI is InChI=1S/C27H40N2/c1-18(2)10-12-20(5)28-25-16-14-22-8-7-9-23-26(17-15-24(25)27(22)23)29-21(6)13-11-19(3)4/h7-9,14-21,26,28-29H,10-13H2,1-6H3. The van der Waals surface area contributed by atoms with Gasteiger partial charge in [-0.1, -0.05) is 64.1 Å². The SMILES string of the molecule is CC(C)CCC(C)Nc1ccc2cccc3c2c1C=CC3NC(C)CCC(C)C. The normalized spacial score (nSPS) is 17.9. The predicted octanol–water partition coefficient (Wildman–Crippen LogP) is 7.56. The summed E-state index contributed by atoms with van der Waals surface area (Å²) in [5.41, 5.74) is 4.03. The quantitative estimate of drug-likeness (QED) is 0.436. The molecule has 0 saturated heterocycles. The minimum Gasteiger partial charge on any atom is -0.382 e. The third-order valence-corrected chi connectivity index (χ3v) is 6.13. The molecule has 2 N–H and O–H groups in total. The third kappa shape index (κ3) is 5.63. The maximum absolute atomic E-state index is 3.86. The van der Waals surface area contributed by atoms with Crippen molar-refractivity contribution in [2.24, 2.45) is 11.8 Å². The van der Waals surface area contributed by atoms with Crippen LogP contribution in [-0.4, -0.2) is 12.1 Å². The van der Waals surface area contributed by atoms with Gasteiger partial charge < -0.3 is 10.6 Å². The molecule has 0 radical (unpaired) electrons. The zero-order valence-corrected chi connectivity index (χ0v) is 19.3. The van der Waals surface area contributed by atoms with Gasteiger partial charge in [0.05, 0.1) is 6.04 Å². The second kappa shape index (κ2) is 9.80. The van der Waals surface area contributed by atoms with Crippen LogP contribution < -0.4 is 10.6 Å². The van der Waals surface area contributed by atoms with Crippen LogP contribution in [0, 0.1) is 11.8 Å². The molecule has 3 atom stereocenters. The van der Waals surface area contributed by atoms with Crippen LogP contribution in [-0.2, 0) is 0 Å². The van der Waals surface area contributed by atoms with E-state index in [0.717, 1.165) is 11.8 Å². The Bertz CT molecular complexity index is 834. The number of nitrogens with one attached hydrogen (secondary N) is 2. The maximum atomic E-state index is 3.86. The second-order valence-electron chi connectivity index (χ2n) is 9.86. The Kier molecular flexibility index (Phi) is 7.40. The van der Waals surface area contributed by atoms with Crippen LogP contribution in [0.4, 0.5) is 5.69 Å². The van der Waals surface area contributed by atoms with E-state index in [1.807, 2.05) is 0 Å². The molecule has 1 aliphatic carbocycles. The van der Waals surface area contributed by atoms with E-state index in [-0.39, 0.29) is 0 Å². The Hall–Kier alpha value is -1.80. The molecule has 29 heavy (non-hydrogen) atoms. The van der Waals surface area contributed by atoms with Crippen molar-refractivity contribution in [1.82, 2.24) is 5.32 Å². The Balaban J connectivity index is 1.82. The minimum absolute atomic E-state index is 0.293. The van der Waals surface area contributed by atoms with Crippen LogP contribution in [0.25, 0.3) is 16.8 Å². The second-order valence-corrected chi connectivity index (χ2v) is 9.86. The lowest BCUT2D eigenvalue weighted by atomic mass is 9.88. The zero-order valence-electron chi connectivity index (χ0n) is 19.3. The molecule has 2 aromatic carbocycles. The highest BCUT2D eigenvalue weighted by molar-refractivity contribution is 6.00. The molecule has 0 aromatic heterocycles. The summed E-state index contributed by atoms with van der Waals surface area (Å²) < 4.78 is 0. The first-order chi connectivity index (χ1) is 13.8. The Morgan fingerprint density at radius 1 is 0.793 bits per heavy atom. The molecule has 0 bridgehead atoms. The van der Waals surface area contributed by atoms with Crippen molar-refractivity contribution in [3.05, 3.63) is 47.5 Å². The first-order valence-corrected chi connectivity index (χ1v) is 11.6. The van der Waals surface area contributed by atoms with E-state index < -0.39 is 0 Å². The fourth-order valence-corrected chi connectivity index (χ4v) is 4.33. The fraction of sp³-hybridized carbons (Fsp3) is 0.556. The van der Waals surface area contributed by atoms with E-state index in [2.05, 4.69) is 94.7 Å². The van der Waals surface area contributed by atoms with Crippen LogP contribution in [0.1, 0.15) is 84.4 Å². The number of benzene rings is 2. The highest BCUT2D eigenvalue weighted by atomic mass is 14.9. The zero-order chi connectivity index (χ0) is 21.0. The first-order valence-electron chi connectivity index (χ1n) is 11.6. The van der Waals surface area contributed by atoms with Gasteiger partial charge in [0.1, 0.15) is 0 Å². The summed E-state index contributed by atoms with van der Waals surface area (Å²) in [5.74, 6) is 1.52. The van der Waals surface area contributed by atoms with Gasteiger partial charge in [-0.15, -0.1) is 0 Å². The number of rotatable bonds is 10. The van der Waals surface area contributed by atoms with E-state index in [9.17, 15) is 0 Å². The molecule has 2 aromatic rings. The van der Waals surface area contributed by atoms with Gasteiger partial charge in [0, 0.05) is 23.3 Å². The summed E-state index contributed by atoms with van der Waals surface area (Å²) in [6.07, 6.45) is 9.65. The van der Waals surface area contributed by atoms with Crippen molar-refractivity contribution in [2.75, 3.05) is 5.32 Å². The maximum Gasteiger partial charge on any atom is 0.0517 e. The predicted molar refractivity (Wildman–Crippen MR) is 130 cm³/mol. The van der Waals surface area contributed by atoms with E-state index in [4.69, 9.17) is 0 Å². The molecule has 0 aliphatic heterocycles. The van der Waals surface area contributed by atoms with Crippen molar-refractivity contribution in [3.63, 3.8) is 0 Å². The largest absolute Gasteiger partial charge is 0.382 e. The lowest BCUT2D eigenvalue weighted by molar-refractivity contribution is 0.432. The van der Waals surface area contributed by atoms with Crippen LogP contribution in [0.3, 0.4) is 0 Å². The molecule has 1 aliphatic rings. The van der Waals surface area contributed by atoms with E-state index in [1.165, 1.54) is 53.3 Å². The number of anilines is 1. The summed E-state index contributed by atoms with van der Waals surface area (Å²) in [7, 11) is 0. The van der Waals surface area contributed by atoms with Crippen molar-refractivity contribution in [3.8, 4) is 0 Å². The molecule has 0 amide bonds. The smallest absolute Gasteiger partial charge is 0.0517 e. The van der Waals surface area contributed by atoms with Crippen molar-refractivity contribution in [1.29, 1.82) is 0 Å². The summed E-state index contributed by atoms with van der Waals surface area (Å²) in [6.45, 7) is 13.8. The monoisotopic (exact) mass is 392 g/mol. The van der Waals surface area contributed by atoms with E-state index >= 15 is 0 Å². The van der Waals surface area contributed by atoms with E-state index in [1.54, 1.807) is 0 Å². The minimum atomic E-state index is 0.293. The van der Waals surface area contributed by atoms with Crippen LogP contribution in [0.2, 0.25) is 0 Å². The summed E-state index contributed by atoms with van der Waals surface area (Å²) in [5, 5.41) is 10.4. The Labute approximate surface area is 178 Å². The van der Waals surface area contributed by atoms with Crippen LogP contribution >= 0.6 is 0 Å². The lowest BCUT2D eigenvalue weighted by Gasteiger charge is -2.28. The van der Waals surface area contributed by atoms with Gasteiger partial charge in [-0.25, -0.2) is 0 Å². The van der Waals surface area contributed by atoms with Gasteiger partial charge in [-0.3, -0.25) is 0 Å². The molecule has 0 fully saturated rings. The molecule has 3 unspecified atom stereocenters. The topological polar surface area (TPSA) is 24.1 Å². The average Bonchev–Trinajstić information content (AvgIpc) is 2.68. The van der Waals surface area contributed by atoms with Crippen molar-refractivity contribution >= 4 is 22.5 Å². The highest BCUT2D eigenvalue weighted by Crippen LogP contribution is 2.38. The van der Waals surface area contributed by atoms with Gasteiger partial charge >= 0.3 is 0 Å². The highest BCUT2D eigenvalue weighted by Gasteiger charge is 2.21. The number of hydrogen-bond donors (Lipinski definition) is 2. The van der Waals surface area contributed by atoms with Crippen molar-refractivity contribution < 1.29 is 0 Å². The van der Waals surface area contributed by atoms with Crippen LogP contribution in [0.15, 0.2) is 36.4 Å².